The second-order valence-electron chi connectivity index (χ2n) is 4.64. The molecule has 2 heteroatoms. The molecule has 0 spiro atoms. The van der Waals surface area contributed by atoms with Crippen molar-refractivity contribution >= 4 is 0 Å². The van der Waals surface area contributed by atoms with Gasteiger partial charge in [0.1, 0.15) is 0 Å². The van der Waals surface area contributed by atoms with Crippen LogP contribution in [0.25, 0.3) is 0 Å². The van der Waals surface area contributed by atoms with Gasteiger partial charge < -0.3 is 9.80 Å². The lowest BCUT2D eigenvalue weighted by molar-refractivity contribution is 0.285. The van der Waals surface area contributed by atoms with Crippen molar-refractivity contribution in [2.75, 3.05) is 40.8 Å². The molecule has 0 heterocycles. The zero-order valence-electron chi connectivity index (χ0n) is 10.0. The molecule has 0 aromatic rings. The van der Waals surface area contributed by atoms with E-state index >= 15 is 0 Å². The van der Waals surface area contributed by atoms with Crippen LogP contribution in [0.4, 0.5) is 0 Å². The summed E-state index contributed by atoms with van der Waals surface area (Å²) in [6.45, 7) is 8.24. The predicted octanol–water partition coefficient (Wildman–Crippen LogP) is 1.92. The second-order valence-corrected chi connectivity index (χ2v) is 4.64. The molecule has 0 aliphatic rings. The van der Waals surface area contributed by atoms with E-state index in [0.717, 1.165) is 5.92 Å². The smallest absolute Gasteiger partial charge is 0.000960 e. The third kappa shape index (κ3) is 9.84. The Morgan fingerprint density at radius 2 is 1.54 bits per heavy atom. The molecule has 0 fully saturated rings. The van der Waals surface area contributed by atoms with Gasteiger partial charge in [-0.3, -0.25) is 0 Å². The maximum absolute atomic E-state index is 2.43. The molecule has 0 rings (SSSR count). The van der Waals surface area contributed by atoms with Crippen LogP contribution in [-0.2, 0) is 0 Å². The van der Waals surface area contributed by atoms with E-state index in [1.807, 2.05) is 0 Å². The molecule has 80 valence electrons. The fourth-order valence-electron chi connectivity index (χ4n) is 1.25. The molecule has 0 atom stereocenters. The van der Waals surface area contributed by atoms with E-state index in [1.54, 1.807) is 0 Å². The van der Waals surface area contributed by atoms with Crippen molar-refractivity contribution in [3.8, 4) is 0 Å². The Morgan fingerprint density at radius 1 is 0.923 bits per heavy atom. The van der Waals surface area contributed by atoms with E-state index in [4.69, 9.17) is 0 Å². The van der Waals surface area contributed by atoms with Gasteiger partial charge in [0.2, 0.25) is 0 Å². The summed E-state index contributed by atoms with van der Waals surface area (Å²) in [7, 11) is 6.49. The molecule has 2 nitrogen and oxygen atoms in total. The van der Waals surface area contributed by atoms with E-state index in [2.05, 4.69) is 44.8 Å². The van der Waals surface area contributed by atoms with Gasteiger partial charge in [-0.2, -0.15) is 0 Å². The summed E-state index contributed by atoms with van der Waals surface area (Å²) >= 11 is 0. The fraction of sp³-hybridized carbons (Fsp3) is 1.00. The van der Waals surface area contributed by atoms with Crippen molar-refractivity contribution in [2.24, 2.45) is 5.92 Å². The lowest BCUT2D eigenvalue weighted by Gasteiger charge is -2.18. The van der Waals surface area contributed by atoms with Gasteiger partial charge in [-0.15, -0.1) is 0 Å². The van der Waals surface area contributed by atoms with E-state index in [1.165, 1.54) is 32.5 Å². The second kappa shape index (κ2) is 7.34. The summed E-state index contributed by atoms with van der Waals surface area (Å²) in [6, 6.07) is 0. The summed E-state index contributed by atoms with van der Waals surface area (Å²) < 4.78 is 0. The quantitative estimate of drug-likeness (QED) is 0.599. The van der Waals surface area contributed by atoms with E-state index in [9.17, 15) is 0 Å². The van der Waals surface area contributed by atoms with Crippen LogP contribution < -0.4 is 0 Å². The van der Waals surface area contributed by atoms with Crippen LogP contribution in [0.2, 0.25) is 0 Å². The highest BCUT2D eigenvalue weighted by molar-refractivity contribution is 4.55. The SMILES string of the molecule is CC(C)CCN(C)CCCN(C)C. The summed E-state index contributed by atoms with van der Waals surface area (Å²) in [5, 5.41) is 0. The first-order valence-corrected chi connectivity index (χ1v) is 5.35. The van der Waals surface area contributed by atoms with Gasteiger partial charge in [0.25, 0.3) is 0 Å². The molecule has 0 radical (unpaired) electrons. The van der Waals surface area contributed by atoms with Gasteiger partial charge in [-0.25, -0.2) is 0 Å². The van der Waals surface area contributed by atoms with Crippen LogP contribution in [0, 0.1) is 5.92 Å². The maximum Gasteiger partial charge on any atom is -0.000960 e. The molecule has 0 amide bonds. The minimum Gasteiger partial charge on any atom is -0.309 e. The molecule has 0 aliphatic heterocycles. The first-order valence-electron chi connectivity index (χ1n) is 5.35. The van der Waals surface area contributed by atoms with Crippen LogP contribution in [0.5, 0.6) is 0 Å². The summed E-state index contributed by atoms with van der Waals surface area (Å²) in [6.07, 6.45) is 2.60. The summed E-state index contributed by atoms with van der Waals surface area (Å²) in [5.74, 6) is 0.830. The standard InChI is InChI=1S/C11H26N2/c1-11(2)7-10-13(5)9-6-8-12(3)4/h11H,6-10H2,1-5H3. The van der Waals surface area contributed by atoms with E-state index in [0.29, 0.717) is 0 Å². The first kappa shape index (κ1) is 12.9. The highest BCUT2D eigenvalue weighted by Crippen LogP contribution is 2.00. The van der Waals surface area contributed by atoms with Gasteiger partial charge in [-0.1, -0.05) is 13.8 Å². The Labute approximate surface area is 83.9 Å². The van der Waals surface area contributed by atoms with Crippen molar-refractivity contribution in [3.63, 3.8) is 0 Å². The Bertz CT molecular complexity index is 111. The van der Waals surface area contributed by atoms with Crippen molar-refractivity contribution in [1.82, 2.24) is 9.80 Å². The largest absolute Gasteiger partial charge is 0.309 e. The Kier molecular flexibility index (Phi) is 7.29. The van der Waals surface area contributed by atoms with Crippen molar-refractivity contribution in [2.45, 2.75) is 26.7 Å². The first-order chi connectivity index (χ1) is 6.02. The van der Waals surface area contributed by atoms with Gasteiger partial charge >= 0.3 is 0 Å². The Balaban J connectivity index is 3.25. The van der Waals surface area contributed by atoms with Crippen LogP contribution in [0.15, 0.2) is 0 Å². The third-order valence-corrected chi connectivity index (χ3v) is 2.23. The lowest BCUT2D eigenvalue weighted by atomic mass is 10.1. The van der Waals surface area contributed by atoms with E-state index in [-0.39, 0.29) is 0 Å². The monoisotopic (exact) mass is 186 g/mol. The Hall–Kier alpha value is -0.0800. The molecule has 0 aromatic carbocycles. The number of hydrogen-bond donors (Lipinski definition) is 0. The van der Waals surface area contributed by atoms with Crippen molar-refractivity contribution in [1.29, 1.82) is 0 Å². The highest BCUT2D eigenvalue weighted by Gasteiger charge is 2.00. The fourth-order valence-corrected chi connectivity index (χ4v) is 1.25. The van der Waals surface area contributed by atoms with Gasteiger partial charge in [0, 0.05) is 0 Å². The van der Waals surface area contributed by atoms with Crippen molar-refractivity contribution < 1.29 is 0 Å². The predicted molar refractivity (Wildman–Crippen MR) is 60.1 cm³/mol. The molecular weight excluding hydrogens is 160 g/mol. The highest BCUT2D eigenvalue weighted by atomic mass is 15.1. The molecular formula is C11H26N2. The molecule has 0 unspecified atom stereocenters. The number of hydrogen-bond acceptors (Lipinski definition) is 2. The minimum atomic E-state index is 0.830. The summed E-state index contributed by atoms with van der Waals surface area (Å²) in [5.41, 5.74) is 0. The molecule has 0 aliphatic carbocycles. The minimum absolute atomic E-state index is 0.830. The van der Waals surface area contributed by atoms with Crippen LogP contribution in [0.3, 0.4) is 0 Å². The van der Waals surface area contributed by atoms with Crippen LogP contribution >= 0.6 is 0 Å². The molecule has 0 N–H and O–H groups in total. The molecule has 0 bridgehead atoms. The Morgan fingerprint density at radius 3 is 2.00 bits per heavy atom. The van der Waals surface area contributed by atoms with Gasteiger partial charge in [0.05, 0.1) is 0 Å². The topological polar surface area (TPSA) is 6.48 Å². The molecule has 0 aromatic heterocycles. The molecule has 0 saturated carbocycles. The average molecular weight is 186 g/mol. The lowest BCUT2D eigenvalue weighted by Crippen LogP contribution is -2.25. The molecule has 13 heavy (non-hydrogen) atoms. The zero-order chi connectivity index (χ0) is 10.3. The van der Waals surface area contributed by atoms with Crippen LogP contribution in [0.1, 0.15) is 26.7 Å². The number of nitrogens with zero attached hydrogens (tertiary/aromatic N) is 2. The van der Waals surface area contributed by atoms with Crippen LogP contribution in [-0.4, -0.2) is 50.6 Å². The molecule has 0 saturated heterocycles. The normalized spacial score (nSPS) is 12.0. The average Bonchev–Trinajstić information content (AvgIpc) is 2.00. The third-order valence-electron chi connectivity index (χ3n) is 2.23. The van der Waals surface area contributed by atoms with Crippen molar-refractivity contribution in [3.05, 3.63) is 0 Å². The van der Waals surface area contributed by atoms with Gasteiger partial charge in [-0.05, 0) is 59.5 Å². The summed E-state index contributed by atoms with van der Waals surface area (Å²) in [4.78, 5) is 4.68. The van der Waals surface area contributed by atoms with E-state index < -0.39 is 0 Å². The zero-order valence-corrected chi connectivity index (χ0v) is 10.0. The number of rotatable bonds is 7. The maximum atomic E-state index is 2.43. The van der Waals surface area contributed by atoms with Gasteiger partial charge in [0.15, 0.2) is 0 Å².